The molecule has 11 heteroatoms. The third-order valence-corrected chi connectivity index (χ3v) is 2.76. The summed E-state index contributed by atoms with van der Waals surface area (Å²) in [7, 11) is 0. The number of aliphatic hydroxyl groups excluding tert-OH is 1. The molecule has 0 saturated carbocycles. The lowest BCUT2D eigenvalue weighted by atomic mass is 10.3. The van der Waals surface area contributed by atoms with E-state index in [1.54, 1.807) is 0 Å². The van der Waals surface area contributed by atoms with Gasteiger partial charge in [-0.3, -0.25) is 10.1 Å². The van der Waals surface area contributed by atoms with Gasteiger partial charge in [0.2, 0.25) is 5.95 Å². The number of aliphatic hydroxyl groups is 1. The van der Waals surface area contributed by atoms with Crippen LogP contribution in [-0.2, 0) is 6.18 Å². The van der Waals surface area contributed by atoms with Gasteiger partial charge in [-0.05, 0) is 12.1 Å². The molecule has 2 rings (SSSR count). The van der Waals surface area contributed by atoms with Crippen LogP contribution < -0.4 is 10.6 Å². The van der Waals surface area contributed by atoms with E-state index in [0.29, 0.717) is 11.8 Å². The number of nitrogens with one attached hydrogen (secondary N) is 2. The molecule has 0 spiro atoms. The number of halogens is 3. The van der Waals surface area contributed by atoms with Gasteiger partial charge in [-0.1, -0.05) is 0 Å². The number of nitro groups is 1. The predicted molar refractivity (Wildman–Crippen MR) is 79.0 cm³/mol. The van der Waals surface area contributed by atoms with Crippen LogP contribution in [0.3, 0.4) is 0 Å². The summed E-state index contributed by atoms with van der Waals surface area (Å²) < 4.78 is 38.6. The summed E-state index contributed by atoms with van der Waals surface area (Å²) in [4.78, 5) is 17.2. The molecule has 1 heterocycles. The molecule has 0 aliphatic carbocycles. The van der Waals surface area contributed by atoms with Gasteiger partial charge in [0.15, 0.2) is 5.69 Å². The number of alkyl halides is 3. The zero-order chi connectivity index (χ0) is 17.7. The van der Waals surface area contributed by atoms with E-state index in [9.17, 15) is 23.3 Å². The van der Waals surface area contributed by atoms with Gasteiger partial charge in [0.25, 0.3) is 5.69 Å². The molecule has 0 aliphatic rings. The van der Waals surface area contributed by atoms with Crippen LogP contribution in [-0.4, -0.2) is 33.1 Å². The van der Waals surface area contributed by atoms with Crippen LogP contribution >= 0.6 is 0 Å². The number of nitrogens with zero attached hydrogens (tertiary/aromatic N) is 3. The van der Waals surface area contributed by atoms with Gasteiger partial charge in [0.05, 0.1) is 11.5 Å². The summed E-state index contributed by atoms with van der Waals surface area (Å²) in [6.07, 6.45) is -4.68. The molecule has 8 nitrogen and oxygen atoms in total. The van der Waals surface area contributed by atoms with Crippen molar-refractivity contribution in [2.45, 2.75) is 6.18 Å². The second-order valence-corrected chi connectivity index (χ2v) is 4.54. The molecule has 0 atom stereocenters. The SMILES string of the molecule is O=[N+]([O-])c1ccc(Nc2cc(C(F)(F)F)nc(NCCO)n2)cc1. The molecule has 24 heavy (non-hydrogen) atoms. The zero-order valence-electron chi connectivity index (χ0n) is 12.0. The van der Waals surface area contributed by atoms with Crippen molar-refractivity contribution in [2.75, 3.05) is 23.8 Å². The third-order valence-electron chi connectivity index (χ3n) is 2.76. The Labute approximate surface area is 133 Å². The average Bonchev–Trinajstić information content (AvgIpc) is 2.52. The maximum Gasteiger partial charge on any atom is 0.433 e. The van der Waals surface area contributed by atoms with Crippen molar-refractivity contribution >= 4 is 23.1 Å². The first-order valence-corrected chi connectivity index (χ1v) is 6.62. The second kappa shape index (κ2) is 7.08. The average molecular weight is 343 g/mol. The van der Waals surface area contributed by atoms with Crippen LogP contribution in [0, 0.1) is 10.1 Å². The van der Waals surface area contributed by atoms with E-state index < -0.39 is 16.8 Å². The van der Waals surface area contributed by atoms with Crippen molar-refractivity contribution in [3.05, 3.63) is 46.1 Å². The lowest BCUT2D eigenvalue weighted by molar-refractivity contribution is -0.384. The standard InChI is InChI=1S/C13H12F3N5O3/c14-13(15,16)10-7-11(20-12(19-10)17-5-6-22)18-8-1-3-9(4-2-8)21(23)24/h1-4,7,22H,5-6H2,(H2,17,18,19,20). The van der Waals surface area contributed by atoms with Gasteiger partial charge < -0.3 is 15.7 Å². The minimum absolute atomic E-state index is 0.0156. The molecule has 0 amide bonds. The zero-order valence-corrected chi connectivity index (χ0v) is 12.0. The van der Waals surface area contributed by atoms with Crippen LogP contribution in [0.1, 0.15) is 5.69 Å². The van der Waals surface area contributed by atoms with E-state index in [4.69, 9.17) is 5.11 Å². The van der Waals surface area contributed by atoms with Crippen LogP contribution in [0.4, 0.5) is 36.3 Å². The van der Waals surface area contributed by atoms with Crippen LogP contribution in [0.15, 0.2) is 30.3 Å². The van der Waals surface area contributed by atoms with Crippen molar-refractivity contribution < 1.29 is 23.2 Å². The topological polar surface area (TPSA) is 113 Å². The summed E-state index contributed by atoms with van der Waals surface area (Å²) in [5.41, 5.74) is -0.993. The first kappa shape index (κ1) is 17.4. The highest BCUT2D eigenvalue weighted by atomic mass is 19.4. The normalized spacial score (nSPS) is 11.2. The van der Waals surface area contributed by atoms with Crippen molar-refractivity contribution in [3.8, 4) is 0 Å². The Morgan fingerprint density at radius 3 is 2.42 bits per heavy atom. The first-order valence-electron chi connectivity index (χ1n) is 6.62. The Hall–Kier alpha value is -2.95. The number of hydrogen-bond donors (Lipinski definition) is 3. The Morgan fingerprint density at radius 1 is 1.21 bits per heavy atom. The number of rotatable bonds is 6. The Kier molecular flexibility index (Phi) is 5.14. The summed E-state index contributed by atoms with van der Waals surface area (Å²) in [6, 6.07) is 5.81. The number of nitro benzene ring substituents is 1. The Bertz CT molecular complexity index is 722. The fourth-order valence-electron chi connectivity index (χ4n) is 1.72. The highest BCUT2D eigenvalue weighted by Crippen LogP contribution is 2.30. The minimum Gasteiger partial charge on any atom is -0.395 e. The summed E-state index contributed by atoms with van der Waals surface area (Å²) in [5.74, 6) is -0.449. The molecule has 0 aliphatic heterocycles. The Balaban J connectivity index is 2.28. The number of non-ortho nitro benzene ring substituents is 1. The Morgan fingerprint density at radius 2 is 1.88 bits per heavy atom. The third kappa shape index (κ3) is 4.52. The van der Waals surface area contributed by atoms with Gasteiger partial charge in [0, 0.05) is 30.4 Å². The number of aromatic nitrogens is 2. The molecule has 1 aromatic heterocycles. The van der Waals surface area contributed by atoms with Crippen molar-refractivity contribution in [2.24, 2.45) is 0 Å². The number of hydrogen-bond acceptors (Lipinski definition) is 7. The maximum atomic E-state index is 12.9. The molecule has 128 valence electrons. The molecule has 0 unspecified atom stereocenters. The monoisotopic (exact) mass is 343 g/mol. The first-order chi connectivity index (χ1) is 11.3. The summed E-state index contributed by atoms with van der Waals surface area (Å²) in [5, 5.41) is 24.4. The molecule has 0 saturated heterocycles. The lowest BCUT2D eigenvalue weighted by Crippen LogP contribution is -2.15. The van der Waals surface area contributed by atoms with Gasteiger partial charge >= 0.3 is 6.18 Å². The molecule has 0 radical (unpaired) electrons. The van der Waals surface area contributed by atoms with Crippen molar-refractivity contribution in [1.82, 2.24) is 9.97 Å². The molecular formula is C13H12F3N5O3. The molecule has 0 fully saturated rings. The minimum atomic E-state index is -4.68. The van der Waals surface area contributed by atoms with Gasteiger partial charge in [-0.2, -0.15) is 18.2 Å². The van der Waals surface area contributed by atoms with Gasteiger partial charge in [0.1, 0.15) is 5.82 Å². The largest absolute Gasteiger partial charge is 0.433 e. The van der Waals surface area contributed by atoms with E-state index in [1.807, 2.05) is 0 Å². The fraction of sp³-hybridized carbons (Fsp3) is 0.231. The highest BCUT2D eigenvalue weighted by molar-refractivity contribution is 5.59. The molecule has 0 bridgehead atoms. The van der Waals surface area contributed by atoms with E-state index >= 15 is 0 Å². The fourth-order valence-corrected chi connectivity index (χ4v) is 1.72. The van der Waals surface area contributed by atoms with E-state index in [-0.39, 0.29) is 30.6 Å². The van der Waals surface area contributed by atoms with Crippen LogP contribution in [0.5, 0.6) is 0 Å². The van der Waals surface area contributed by atoms with Gasteiger partial charge in [-0.15, -0.1) is 0 Å². The van der Waals surface area contributed by atoms with E-state index in [1.165, 1.54) is 24.3 Å². The van der Waals surface area contributed by atoms with E-state index in [2.05, 4.69) is 20.6 Å². The molecule has 2 aromatic rings. The summed E-state index contributed by atoms with van der Waals surface area (Å²) >= 11 is 0. The highest BCUT2D eigenvalue weighted by Gasteiger charge is 2.33. The number of benzene rings is 1. The van der Waals surface area contributed by atoms with Gasteiger partial charge in [-0.25, -0.2) is 4.98 Å². The quantitative estimate of drug-likeness (QED) is 0.545. The van der Waals surface area contributed by atoms with Crippen LogP contribution in [0.2, 0.25) is 0 Å². The molecule has 3 N–H and O–H groups in total. The van der Waals surface area contributed by atoms with E-state index in [0.717, 1.165) is 0 Å². The maximum absolute atomic E-state index is 12.9. The summed E-state index contributed by atoms with van der Waals surface area (Å²) in [6.45, 7) is -0.316. The smallest absolute Gasteiger partial charge is 0.395 e. The van der Waals surface area contributed by atoms with Crippen molar-refractivity contribution in [3.63, 3.8) is 0 Å². The number of anilines is 3. The molecule has 1 aromatic carbocycles. The predicted octanol–water partition coefficient (Wildman–Crippen LogP) is 2.55. The lowest BCUT2D eigenvalue weighted by Gasteiger charge is -2.12. The van der Waals surface area contributed by atoms with Crippen molar-refractivity contribution in [1.29, 1.82) is 0 Å². The van der Waals surface area contributed by atoms with Crippen LogP contribution in [0.25, 0.3) is 0 Å². The molecular weight excluding hydrogens is 331 g/mol. The second-order valence-electron chi connectivity index (χ2n) is 4.54.